The predicted molar refractivity (Wildman–Crippen MR) is 50.9 cm³/mol. The summed E-state index contributed by atoms with van der Waals surface area (Å²) in [6, 6.07) is 7.49. The summed E-state index contributed by atoms with van der Waals surface area (Å²) in [5.74, 6) is 0.473. The fourth-order valence-corrected chi connectivity index (χ4v) is 1.51. The van der Waals surface area contributed by atoms with Gasteiger partial charge in [0.15, 0.2) is 5.75 Å². The van der Waals surface area contributed by atoms with Gasteiger partial charge in [-0.05, 0) is 31.2 Å². The predicted octanol–water partition coefficient (Wildman–Crippen LogP) is 2.51. The first-order valence-electron chi connectivity index (χ1n) is 4.25. The number of fused-ring (bicyclic) bond motifs is 1. The van der Waals surface area contributed by atoms with E-state index in [-0.39, 0.29) is 0 Å². The molecule has 0 aliphatic heterocycles. The van der Waals surface area contributed by atoms with Gasteiger partial charge >= 0.3 is 0 Å². The summed E-state index contributed by atoms with van der Waals surface area (Å²) in [4.78, 5) is 4.16. The highest BCUT2D eigenvalue weighted by Gasteiger charge is 2.00. The van der Waals surface area contributed by atoms with E-state index in [9.17, 15) is 0 Å². The molecule has 1 aromatic heterocycles. The Morgan fingerprint density at radius 1 is 1.38 bits per heavy atom. The van der Waals surface area contributed by atoms with E-state index in [1.54, 1.807) is 6.07 Å². The second-order valence-electron chi connectivity index (χ2n) is 2.91. The molecular weight excluding hydrogens is 166 g/mol. The van der Waals surface area contributed by atoms with Gasteiger partial charge in [-0.1, -0.05) is 0 Å². The minimum Gasteiger partial charge on any atom is -0.348 e. The first-order valence-corrected chi connectivity index (χ1v) is 4.25. The number of hydrogen-bond acceptors (Lipinski definition) is 2. The van der Waals surface area contributed by atoms with Crippen LogP contribution in [0.15, 0.2) is 30.5 Å². The molecule has 0 fully saturated rings. The van der Waals surface area contributed by atoms with E-state index in [0.29, 0.717) is 5.75 Å². The molecule has 0 saturated carbocycles. The van der Waals surface area contributed by atoms with Gasteiger partial charge in [-0.25, -0.2) is 5.26 Å². The summed E-state index contributed by atoms with van der Waals surface area (Å²) in [6.45, 7) is 3.04. The lowest BCUT2D eigenvalue weighted by Crippen LogP contribution is -1.90. The average molecular weight is 177 g/mol. The standard InChI is InChI=1S/C10H11NO2/c1-2-11-6-5-8-7-9(13-12)3-4-10(8)11/h3-7,12H,2H2,1H3. The molecule has 3 nitrogen and oxygen atoms in total. The molecule has 0 aliphatic carbocycles. The van der Waals surface area contributed by atoms with Crippen molar-refractivity contribution in [1.82, 2.24) is 4.57 Å². The van der Waals surface area contributed by atoms with Crippen LogP contribution < -0.4 is 4.89 Å². The van der Waals surface area contributed by atoms with Crippen molar-refractivity contribution >= 4 is 10.9 Å². The van der Waals surface area contributed by atoms with E-state index >= 15 is 0 Å². The fourth-order valence-electron chi connectivity index (χ4n) is 1.51. The number of rotatable bonds is 2. The Morgan fingerprint density at radius 2 is 2.23 bits per heavy atom. The molecular formula is C10H11NO2. The summed E-state index contributed by atoms with van der Waals surface area (Å²) in [5, 5.41) is 9.53. The number of aryl methyl sites for hydroxylation is 1. The lowest BCUT2D eigenvalue weighted by molar-refractivity contribution is -0.137. The second kappa shape index (κ2) is 3.11. The molecule has 0 aliphatic rings. The summed E-state index contributed by atoms with van der Waals surface area (Å²) >= 11 is 0. The van der Waals surface area contributed by atoms with Gasteiger partial charge in [-0.15, -0.1) is 0 Å². The Labute approximate surface area is 76.1 Å². The number of benzene rings is 1. The van der Waals surface area contributed by atoms with Crippen molar-refractivity contribution in [1.29, 1.82) is 0 Å². The smallest absolute Gasteiger partial charge is 0.165 e. The van der Waals surface area contributed by atoms with Gasteiger partial charge in [0, 0.05) is 23.6 Å². The van der Waals surface area contributed by atoms with Crippen LogP contribution >= 0.6 is 0 Å². The lowest BCUT2D eigenvalue weighted by Gasteiger charge is -2.00. The van der Waals surface area contributed by atoms with Gasteiger partial charge in [-0.3, -0.25) is 0 Å². The Kier molecular flexibility index (Phi) is 1.94. The molecule has 68 valence electrons. The number of hydrogen-bond donors (Lipinski definition) is 1. The maximum atomic E-state index is 8.45. The fraction of sp³-hybridized carbons (Fsp3) is 0.200. The van der Waals surface area contributed by atoms with Crippen molar-refractivity contribution in [3.63, 3.8) is 0 Å². The maximum Gasteiger partial charge on any atom is 0.165 e. The largest absolute Gasteiger partial charge is 0.348 e. The zero-order valence-electron chi connectivity index (χ0n) is 7.40. The lowest BCUT2D eigenvalue weighted by atomic mass is 10.2. The molecule has 1 aromatic carbocycles. The molecule has 0 radical (unpaired) electrons. The molecule has 0 unspecified atom stereocenters. The molecule has 2 aromatic rings. The summed E-state index contributed by atoms with van der Waals surface area (Å²) < 4.78 is 2.14. The van der Waals surface area contributed by atoms with Crippen LogP contribution in [-0.2, 0) is 6.54 Å². The van der Waals surface area contributed by atoms with Crippen LogP contribution in [0.25, 0.3) is 10.9 Å². The van der Waals surface area contributed by atoms with Crippen LogP contribution in [0.1, 0.15) is 6.92 Å². The third-order valence-corrected chi connectivity index (χ3v) is 2.19. The second-order valence-corrected chi connectivity index (χ2v) is 2.91. The first kappa shape index (κ1) is 8.13. The Morgan fingerprint density at radius 3 is 2.92 bits per heavy atom. The van der Waals surface area contributed by atoms with Gasteiger partial charge in [0.05, 0.1) is 0 Å². The molecule has 1 N–H and O–H groups in total. The molecule has 0 spiro atoms. The van der Waals surface area contributed by atoms with E-state index in [1.807, 2.05) is 24.4 Å². The van der Waals surface area contributed by atoms with Crippen LogP contribution in [0.3, 0.4) is 0 Å². The van der Waals surface area contributed by atoms with Crippen molar-refractivity contribution in [2.75, 3.05) is 0 Å². The molecule has 0 bridgehead atoms. The zero-order valence-corrected chi connectivity index (χ0v) is 7.40. The van der Waals surface area contributed by atoms with Gasteiger partial charge < -0.3 is 9.45 Å². The monoisotopic (exact) mass is 177 g/mol. The van der Waals surface area contributed by atoms with Crippen LogP contribution in [0, 0.1) is 0 Å². The molecule has 3 heteroatoms. The summed E-state index contributed by atoms with van der Waals surface area (Å²) in [5.41, 5.74) is 1.16. The van der Waals surface area contributed by atoms with E-state index in [2.05, 4.69) is 16.4 Å². The van der Waals surface area contributed by atoms with Crippen molar-refractivity contribution in [3.05, 3.63) is 30.5 Å². The number of aromatic nitrogens is 1. The van der Waals surface area contributed by atoms with E-state index in [4.69, 9.17) is 5.26 Å². The quantitative estimate of drug-likeness (QED) is 0.565. The summed E-state index contributed by atoms with van der Waals surface area (Å²) in [7, 11) is 0. The highest BCUT2D eigenvalue weighted by molar-refractivity contribution is 5.81. The topological polar surface area (TPSA) is 34.4 Å². The Hall–Kier alpha value is -1.48. The molecule has 1 heterocycles. The SMILES string of the molecule is CCn1ccc2cc(OO)ccc21. The molecule has 0 atom stereocenters. The normalized spacial score (nSPS) is 10.6. The van der Waals surface area contributed by atoms with Crippen molar-refractivity contribution in [2.45, 2.75) is 13.5 Å². The molecule has 2 rings (SSSR count). The molecule has 0 saturated heterocycles. The van der Waals surface area contributed by atoms with Crippen LogP contribution in [-0.4, -0.2) is 9.82 Å². The number of nitrogens with zero attached hydrogens (tertiary/aromatic N) is 1. The van der Waals surface area contributed by atoms with Gasteiger partial charge in [0.2, 0.25) is 0 Å². The van der Waals surface area contributed by atoms with Crippen molar-refractivity contribution in [2.24, 2.45) is 0 Å². The highest BCUT2D eigenvalue weighted by atomic mass is 17.1. The van der Waals surface area contributed by atoms with Crippen LogP contribution in [0.5, 0.6) is 5.75 Å². The van der Waals surface area contributed by atoms with Crippen LogP contribution in [0.4, 0.5) is 0 Å². The van der Waals surface area contributed by atoms with Crippen molar-refractivity contribution < 1.29 is 10.1 Å². The minimum atomic E-state index is 0.473. The third kappa shape index (κ3) is 1.27. The highest BCUT2D eigenvalue weighted by Crippen LogP contribution is 2.21. The van der Waals surface area contributed by atoms with E-state index in [0.717, 1.165) is 17.4 Å². The third-order valence-electron chi connectivity index (χ3n) is 2.19. The molecule has 13 heavy (non-hydrogen) atoms. The van der Waals surface area contributed by atoms with Gasteiger partial charge in [0.25, 0.3) is 0 Å². The van der Waals surface area contributed by atoms with E-state index < -0.39 is 0 Å². The zero-order chi connectivity index (χ0) is 9.26. The minimum absolute atomic E-state index is 0.473. The average Bonchev–Trinajstić information content (AvgIpc) is 2.59. The van der Waals surface area contributed by atoms with Crippen molar-refractivity contribution in [3.8, 4) is 5.75 Å². The summed E-state index contributed by atoms with van der Waals surface area (Å²) in [6.07, 6.45) is 2.02. The molecule has 0 amide bonds. The van der Waals surface area contributed by atoms with Gasteiger partial charge in [0.1, 0.15) is 0 Å². The van der Waals surface area contributed by atoms with Crippen LogP contribution in [0.2, 0.25) is 0 Å². The Bertz CT molecular complexity index is 420. The maximum absolute atomic E-state index is 8.45. The first-order chi connectivity index (χ1) is 6.35. The van der Waals surface area contributed by atoms with E-state index in [1.165, 1.54) is 0 Å². The van der Waals surface area contributed by atoms with Gasteiger partial charge in [-0.2, -0.15) is 0 Å². The Balaban J connectivity index is 2.61.